The molecule has 1 radical (unpaired) electrons. The fourth-order valence-corrected chi connectivity index (χ4v) is 2.48. The molecule has 0 nitrogen and oxygen atoms in total. The second kappa shape index (κ2) is 3.52. The summed E-state index contributed by atoms with van der Waals surface area (Å²) in [7, 11) is 0. The molecule has 1 aromatic heterocycles. The number of fused-ring (bicyclic) bond motifs is 1. The Kier molecular flexibility index (Phi) is 2.04. The van der Waals surface area contributed by atoms with Crippen LogP contribution in [0.15, 0.2) is 53.9 Å². The second-order valence-corrected chi connectivity index (χ2v) is 4.40. The molecule has 0 bridgehead atoms. The summed E-state index contributed by atoms with van der Waals surface area (Å²) in [5, 5.41) is 3.44. The lowest BCUT2D eigenvalue weighted by molar-refractivity contribution is 1.64. The van der Waals surface area contributed by atoms with E-state index in [1.807, 2.05) is 18.2 Å². The third kappa shape index (κ3) is 1.55. The molecule has 3 rings (SSSR count). The topological polar surface area (TPSA) is 0 Å². The van der Waals surface area contributed by atoms with Crippen molar-refractivity contribution in [2.24, 2.45) is 0 Å². The van der Waals surface area contributed by atoms with Crippen LogP contribution in [0.25, 0.3) is 21.2 Å². The Hall–Kier alpha value is -1.60. The minimum atomic E-state index is 1.16. The molecule has 0 spiro atoms. The van der Waals surface area contributed by atoms with Gasteiger partial charge in [0.2, 0.25) is 0 Å². The summed E-state index contributed by atoms with van der Waals surface area (Å²) >= 11 is 1.78. The first-order valence-electron chi connectivity index (χ1n) is 4.88. The summed E-state index contributed by atoms with van der Waals surface area (Å²) in [6.45, 7) is 0. The maximum atomic E-state index is 3.24. The molecule has 71 valence electrons. The molecule has 2 aromatic carbocycles. The van der Waals surface area contributed by atoms with Gasteiger partial charge in [0.25, 0.3) is 0 Å². The van der Waals surface area contributed by atoms with Gasteiger partial charge in [0.05, 0.1) is 0 Å². The van der Waals surface area contributed by atoms with Gasteiger partial charge in [-0.25, -0.2) is 0 Å². The van der Waals surface area contributed by atoms with Crippen LogP contribution in [0, 0.1) is 6.07 Å². The number of hydrogen-bond donors (Lipinski definition) is 0. The molecule has 0 aliphatic carbocycles. The third-order valence-electron chi connectivity index (χ3n) is 2.47. The summed E-state index contributed by atoms with van der Waals surface area (Å²) in [6.07, 6.45) is 0. The van der Waals surface area contributed by atoms with Crippen molar-refractivity contribution in [1.82, 2.24) is 0 Å². The second-order valence-electron chi connectivity index (χ2n) is 3.45. The van der Waals surface area contributed by atoms with Crippen molar-refractivity contribution in [1.29, 1.82) is 0 Å². The largest absolute Gasteiger partial charge is 0.144 e. The van der Waals surface area contributed by atoms with Gasteiger partial charge in [-0.15, -0.1) is 11.3 Å². The van der Waals surface area contributed by atoms with Gasteiger partial charge in [0, 0.05) is 4.70 Å². The summed E-state index contributed by atoms with van der Waals surface area (Å²) in [5.74, 6) is 0. The van der Waals surface area contributed by atoms with Gasteiger partial charge in [0.1, 0.15) is 0 Å². The monoisotopic (exact) mass is 209 g/mol. The molecule has 0 aliphatic rings. The molecule has 0 aliphatic heterocycles. The number of rotatable bonds is 1. The molecular weight excluding hydrogens is 200 g/mol. The lowest BCUT2D eigenvalue weighted by Crippen LogP contribution is -1.75. The maximum absolute atomic E-state index is 3.24. The Bertz CT molecular complexity index is 578. The number of thiophene rings is 1. The number of benzene rings is 2. The highest BCUT2D eigenvalue weighted by atomic mass is 32.1. The van der Waals surface area contributed by atoms with Gasteiger partial charge in [-0.1, -0.05) is 30.3 Å². The van der Waals surface area contributed by atoms with Crippen LogP contribution in [-0.4, -0.2) is 0 Å². The summed E-state index contributed by atoms with van der Waals surface area (Å²) in [5.41, 5.74) is 2.40. The van der Waals surface area contributed by atoms with Crippen LogP contribution in [0.4, 0.5) is 0 Å². The van der Waals surface area contributed by atoms with Crippen LogP contribution in [0.5, 0.6) is 0 Å². The lowest BCUT2D eigenvalue weighted by Gasteiger charge is -2.00. The average molecular weight is 209 g/mol. The molecule has 0 atom stereocenters. The highest BCUT2D eigenvalue weighted by Gasteiger charge is 1.99. The van der Waals surface area contributed by atoms with Gasteiger partial charge in [-0.3, -0.25) is 0 Å². The zero-order valence-corrected chi connectivity index (χ0v) is 8.92. The minimum absolute atomic E-state index is 1.16. The predicted molar refractivity (Wildman–Crippen MR) is 66.1 cm³/mol. The van der Waals surface area contributed by atoms with Crippen LogP contribution in [0.2, 0.25) is 0 Å². The highest BCUT2D eigenvalue weighted by molar-refractivity contribution is 7.17. The van der Waals surface area contributed by atoms with E-state index in [1.54, 1.807) is 11.3 Å². The molecule has 0 amide bonds. The smallest absolute Gasteiger partial charge is 0.0343 e. The van der Waals surface area contributed by atoms with E-state index in [9.17, 15) is 0 Å². The molecule has 0 fully saturated rings. The van der Waals surface area contributed by atoms with Crippen molar-refractivity contribution in [2.45, 2.75) is 0 Å². The van der Waals surface area contributed by atoms with Crippen LogP contribution in [-0.2, 0) is 0 Å². The molecule has 1 heterocycles. The SMILES string of the molecule is [c]1ccccc1-c1ccc2sccc2c1. The molecule has 1 heteroatoms. The normalized spacial score (nSPS) is 10.7. The third-order valence-corrected chi connectivity index (χ3v) is 3.37. The van der Waals surface area contributed by atoms with Gasteiger partial charge in [0.15, 0.2) is 0 Å². The first-order valence-corrected chi connectivity index (χ1v) is 5.76. The summed E-state index contributed by atoms with van der Waals surface area (Å²) in [6, 6.07) is 20.0. The Morgan fingerprint density at radius 3 is 2.87 bits per heavy atom. The first kappa shape index (κ1) is 8.69. The van der Waals surface area contributed by atoms with Crippen molar-refractivity contribution in [3.05, 3.63) is 60.0 Å². The molecule has 15 heavy (non-hydrogen) atoms. The molecule has 0 saturated heterocycles. The Labute approximate surface area is 92.8 Å². The van der Waals surface area contributed by atoms with Crippen LogP contribution < -0.4 is 0 Å². The van der Waals surface area contributed by atoms with E-state index < -0.39 is 0 Å². The van der Waals surface area contributed by atoms with Crippen LogP contribution >= 0.6 is 11.3 Å². The van der Waals surface area contributed by atoms with E-state index in [4.69, 9.17) is 0 Å². The van der Waals surface area contributed by atoms with Gasteiger partial charge in [-0.2, -0.15) is 0 Å². The van der Waals surface area contributed by atoms with Crippen LogP contribution in [0.1, 0.15) is 0 Å². The van der Waals surface area contributed by atoms with Crippen LogP contribution in [0.3, 0.4) is 0 Å². The van der Waals surface area contributed by atoms with E-state index in [0.29, 0.717) is 0 Å². The first-order chi connectivity index (χ1) is 7.43. The van der Waals surface area contributed by atoms with Crippen molar-refractivity contribution in [3.63, 3.8) is 0 Å². The van der Waals surface area contributed by atoms with Gasteiger partial charge < -0.3 is 0 Å². The Morgan fingerprint density at radius 2 is 2.00 bits per heavy atom. The molecular formula is C14H9S. The van der Waals surface area contributed by atoms with E-state index in [1.165, 1.54) is 15.6 Å². The fraction of sp³-hybridized carbons (Fsp3) is 0. The lowest BCUT2D eigenvalue weighted by atomic mass is 10.0. The Balaban J connectivity index is 2.19. The van der Waals surface area contributed by atoms with E-state index in [0.717, 1.165) is 5.56 Å². The number of hydrogen-bond acceptors (Lipinski definition) is 1. The fourth-order valence-electron chi connectivity index (χ4n) is 1.71. The zero-order chi connectivity index (χ0) is 10.1. The predicted octanol–water partition coefficient (Wildman–Crippen LogP) is 4.37. The quantitative estimate of drug-likeness (QED) is 0.558. The van der Waals surface area contributed by atoms with Crippen molar-refractivity contribution in [3.8, 4) is 11.1 Å². The van der Waals surface area contributed by atoms with E-state index in [2.05, 4.69) is 41.8 Å². The van der Waals surface area contributed by atoms with Gasteiger partial charge >= 0.3 is 0 Å². The highest BCUT2D eigenvalue weighted by Crippen LogP contribution is 2.26. The van der Waals surface area contributed by atoms with Crippen molar-refractivity contribution < 1.29 is 0 Å². The molecule has 0 saturated carbocycles. The molecule has 0 N–H and O–H groups in total. The minimum Gasteiger partial charge on any atom is -0.144 e. The summed E-state index contributed by atoms with van der Waals surface area (Å²) in [4.78, 5) is 0. The molecule has 0 unspecified atom stereocenters. The Morgan fingerprint density at radius 1 is 1.00 bits per heavy atom. The standard InChI is InChI=1S/C14H9S/c1-2-4-11(5-3-1)12-6-7-14-13(10-12)8-9-15-14/h1-4,6-10H. The summed E-state index contributed by atoms with van der Waals surface area (Å²) < 4.78 is 1.34. The van der Waals surface area contributed by atoms with E-state index >= 15 is 0 Å². The van der Waals surface area contributed by atoms with Gasteiger partial charge in [-0.05, 0) is 46.2 Å². The van der Waals surface area contributed by atoms with E-state index in [-0.39, 0.29) is 0 Å². The van der Waals surface area contributed by atoms with Crippen molar-refractivity contribution in [2.75, 3.05) is 0 Å². The zero-order valence-electron chi connectivity index (χ0n) is 8.10. The molecule has 3 aromatic rings. The average Bonchev–Trinajstić information content (AvgIpc) is 2.77. The van der Waals surface area contributed by atoms with Crippen molar-refractivity contribution >= 4 is 21.4 Å². The maximum Gasteiger partial charge on any atom is 0.0343 e.